The number of rotatable bonds is 2. The molecular weight excluding hydrogens is 254 g/mol. The van der Waals surface area contributed by atoms with Gasteiger partial charge in [-0.25, -0.2) is 5.01 Å². The maximum Gasteiger partial charge on any atom is 0.163 e. The first kappa shape index (κ1) is 13.4. The van der Waals surface area contributed by atoms with Crippen molar-refractivity contribution >= 4 is 11.4 Å². The highest BCUT2D eigenvalue weighted by Crippen LogP contribution is 2.37. The van der Waals surface area contributed by atoms with Crippen LogP contribution in [-0.2, 0) is 0 Å². The first-order chi connectivity index (χ1) is 9.65. The predicted molar refractivity (Wildman–Crippen MR) is 80.1 cm³/mol. The SMILES string of the molecule is CC1CCCC(C)N1Nc1cc2c(cc1N)OCCO2. The Kier molecular flexibility index (Phi) is 3.61. The maximum absolute atomic E-state index is 6.13. The van der Waals surface area contributed by atoms with E-state index in [1.165, 1.54) is 19.3 Å². The first-order valence-electron chi connectivity index (χ1n) is 7.39. The van der Waals surface area contributed by atoms with Crippen molar-refractivity contribution in [1.82, 2.24) is 5.01 Å². The fourth-order valence-corrected chi connectivity index (χ4v) is 2.98. The molecule has 20 heavy (non-hydrogen) atoms. The van der Waals surface area contributed by atoms with E-state index in [2.05, 4.69) is 24.3 Å². The van der Waals surface area contributed by atoms with Gasteiger partial charge in [-0.15, -0.1) is 0 Å². The molecule has 110 valence electrons. The summed E-state index contributed by atoms with van der Waals surface area (Å²) in [5.74, 6) is 1.50. The lowest BCUT2D eigenvalue weighted by molar-refractivity contribution is 0.135. The summed E-state index contributed by atoms with van der Waals surface area (Å²) >= 11 is 0. The standard InChI is InChI=1S/C15H23N3O2/c1-10-4-3-5-11(2)18(10)17-13-9-15-14(8-12(13)16)19-6-7-20-15/h8-11,17H,3-7,16H2,1-2H3. The van der Waals surface area contributed by atoms with Crippen molar-refractivity contribution in [3.05, 3.63) is 12.1 Å². The van der Waals surface area contributed by atoms with Gasteiger partial charge < -0.3 is 20.6 Å². The summed E-state index contributed by atoms with van der Waals surface area (Å²) in [6.45, 7) is 5.67. The molecule has 2 aliphatic heterocycles. The van der Waals surface area contributed by atoms with Gasteiger partial charge in [-0.3, -0.25) is 0 Å². The monoisotopic (exact) mass is 277 g/mol. The number of nitrogens with two attached hydrogens (primary N) is 1. The molecule has 1 saturated heterocycles. The van der Waals surface area contributed by atoms with Crippen molar-refractivity contribution < 1.29 is 9.47 Å². The van der Waals surface area contributed by atoms with Crippen LogP contribution in [-0.4, -0.2) is 30.3 Å². The van der Waals surface area contributed by atoms with E-state index >= 15 is 0 Å². The summed E-state index contributed by atoms with van der Waals surface area (Å²) in [6, 6.07) is 4.80. The number of nitrogen functional groups attached to an aromatic ring is 1. The van der Waals surface area contributed by atoms with E-state index in [0.717, 1.165) is 17.2 Å². The Morgan fingerprint density at radius 2 is 1.70 bits per heavy atom. The normalized spacial score (nSPS) is 26.3. The zero-order chi connectivity index (χ0) is 14.1. The second kappa shape index (κ2) is 5.40. The molecule has 2 atom stereocenters. The van der Waals surface area contributed by atoms with Crippen LogP contribution in [0, 0.1) is 0 Å². The molecule has 3 rings (SSSR count). The molecule has 0 bridgehead atoms. The lowest BCUT2D eigenvalue weighted by atomic mass is 10.00. The van der Waals surface area contributed by atoms with Gasteiger partial charge in [0.2, 0.25) is 0 Å². The summed E-state index contributed by atoms with van der Waals surface area (Å²) in [7, 11) is 0. The van der Waals surface area contributed by atoms with Crippen LogP contribution in [0.1, 0.15) is 33.1 Å². The lowest BCUT2D eigenvalue weighted by Gasteiger charge is -2.39. The Balaban J connectivity index is 1.83. The molecule has 0 aliphatic carbocycles. The molecular formula is C15H23N3O2. The van der Waals surface area contributed by atoms with Crippen molar-refractivity contribution in [1.29, 1.82) is 0 Å². The van der Waals surface area contributed by atoms with Crippen molar-refractivity contribution in [2.45, 2.75) is 45.2 Å². The van der Waals surface area contributed by atoms with E-state index < -0.39 is 0 Å². The minimum absolute atomic E-state index is 0.506. The number of nitrogens with one attached hydrogen (secondary N) is 1. The third-order valence-electron chi connectivity index (χ3n) is 4.16. The van der Waals surface area contributed by atoms with Gasteiger partial charge in [0, 0.05) is 24.2 Å². The van der Waals surface area contributed by atoms with E-state index in [1.807, 2.05) is 12.1 Å². The van der Waals surface area contributed by atoms with Crippen LogP contribution < -0.4 is 20.6 Å². The molecule has 1 aromatic rings. The molecule has 3 N–H and O–H groups in total. The van der Waals surface area contributed by atoms with Gasteiger partial charge in [0.25, 0.3) is 0 Å². The van der Waals surface area contributed by atoms with E-state index in [0.29, 0.717) is 31.0 Å². The third-order valence-corrected chi connectivity index (χ3v) is 4.16. The highest BCUT2D eigenvalue weighted by Gasteiger charge is 2.25. The fourth-order valence-electron chi connectivity index (χ4n) is 2.98. The minimum atomic E-state index is 0.506. The second-order valence-corrected chi connectivity index (χ2v) is 5.73. The van der Waals surface area contributed by atoms with Crippen LogP contribution in [0.25, 0.3) is 0 Å². The first-order valence-corrected chi connectivity index (χ1v) is 7.39. The summed E-state index contributed by atoms with van der Waals surface area (Å²) < 4.78 is 11.2. The van der Waals surface area contributed by atoms with Crippen LogP contribution >= 0.6 is 0 Å². The molecule has 0 saturated carbocycles. The lowest BCUT2D eigenvalue weighted by Crippen LogP contribution is -2.47. The average molecular weight is 277 g/mol. The third kappa shape index (κ3) is 2.50. The van der Waals surface area contributed by atoms with Crippen LogP contribution in [0.2, 0.25) is 0 Å². The van der Waals surface area contributed by atoms with Crippen LogP contribution in [0.4, 0.5) is 11.4 Å². The molecule has 5 nitrogen and oxygen atoms in total. The predicted octanol–water partition coefficient (Wildman–Crippen LogP) is 2.63. The van der Waals surface area contributed by atoms with Crippen LogP contribution in [0.5, 0.6) is 11.5 Å². The van der Waals surface area contributed by atoms with Crippen molar-refractivity contribution in [3.8, 4) is 11.5 Å². The Hall–Kier alpha value is -1.62. The van der Waals surface area contributed by atoms with E-state index in [1.54, 1.807) is 0 Å². The number of nitrogens with zero attached hydrogens (tertiary/aromatic N) is 1. The van der Waals surface area contributed by atoms with Gasteiger partial charge in [-0.2, -0.15) is 0 Å². The van der Waals surface area contributed by atoms with Gasteiger partial charge >= 0.3 is 0 Å². The largest absolute Gasteiger partial charge is 0.486 e. The van der Waals surface area contributed by atoms with Gasteiger partial charge in [0.15, 0.2) is 11.5 Å². The summed E-state index contributed by atoms with van der Waals surface area (Å²) in [5.41, 5.74) is 11.2. The number of anilines is 2. The number of benzene rings is 1. The summed E-state index contributed by atoms with van der Waals surface area (Å²) in [5, 5.41) is 2.30. The molecule has 1 aromatic carbocycles. The van der Waals surface area contributed by atoms with Crippen LogP contribution in [0.3, 0.4) is 0 Å². The van der Waals surface area contributed by atoms with Gasteiger partial charge in [-0.05, 0) is 26.7 Å². The highest BCUT2D eigenvalue weighted by atomic mass is 16.6. The summed E-state index contributed by atoms with van der Waals surface area (Å²) in [6.07, 6.45) is 3.71. The van der Waals surface area contributed by atoms with Crippen molar-refractivity contribution in [2.24, 2.45) is 0 Å². The Labute approximate surface area is 120 Å². The quantitative estimate of drug-likeness (QED) is 0.814. The number of hydrazine groups is 1. The topological polar surface area (TPSA) is 59.8 Å². The van der Waals surface area contributed by atoms with Crippen LogP contribution in [0.15, 0.2) is 12.1 Å². The number of ether oxygens (including phenoxy) is 2. The van der Waals surface area contributed by atoms with E-state index in [4.69, 9.17) is 15.2 Å². The molecule has 2 heterocycles. The Bertz CT molecular complexity index is 482. The fraction of sp³-hybridized carbons (Fsp3) is 0.600. The minimum Gasteiger partial charge on any atom is -0.486 e. The summed E-state index contributed by atoms with van der Waals surface area (Å²) in [4.78, 5) is 0. The number of hydrogen-bond acceptors (Lipinski definition) is 5. The molecule has 0 spiro atoms. The Morgan fingerprint density at radius 1 is 1.10 bits per heavy atom. The van der Waals surface area contributed by atoms with Gasteiger partial charge in [0.1, 0.15) is 13.2 Å². The average Bonchev–Trinajstić information content (AvgIpc) is 2.43. The van der Waals surface area contributed by atoms with E-state index in [9.17, 15) is 0 Å². The molecule has 0 radical (unpaired) electrons. The molecule has 2 aliphatic rings. The maximum atomic E-state index is 6.13. The zero-order valence-electron chi connectivity index (χ0n) is 12.2. The van der Waals surface area contributed by atoms with Crippen molar-refractivity contribution in [3.63, 3.8) is 0 Å². The van der Waals surface area contributed by atoms with Gasteiger partial charge in [-0.1, -0.05) is 6.42 Å². The molecule has 0 aromatic heterocycles. The highest BCUT2D eigenvalue weighted by molar-refractivity contribution is 5.71. The second-order valence-electron chi connectivity index (χ2n) is 5.73. The number of piperidine rings is 1. The van der Waals surface area contributed by atoms with Gasteiger partial charge in [0.05, 0.1) is 11.4 Å². The molecule has 0 amide bonds. The molecule has 1 fully saturated rings. The van der Waals surface area contributed by atoms with E-state index in [-0.39, 0.29) is 0 Å². The molecule has 2 unspecified atom stereocenters. The molecule has 5 heteroatoms. The van der Waals surface area contributed by atoms with Crippen molar-refractivity contribution in [2.75, 3.05) is 24.4 Å². The zero-order valence-corrected chi connectivity index (χ0v) is 12.2. The number of fused-ring (bicyclic) bond motifs is 1. The number of hydrogen-bond donors (Lipinski definition) is 2. The Morgan fingerprint density at radius 3 is 2.35 bits per heavy atom. The smallest absolute Gasteiger partial charge is 0.163 e.